The molecule has 3 aromatic rings. The molecule has 1 aromatic heterocycles. The van der Waals surface area contributed by atoms with Gasteiger partial charge in [-0.3, -0.25) is 14.9 Å². The second-order valence-corrected chi connectivity index (χ2v) is 6.89. The van der Waals surface area contributed by atoms with E-state index in [0.29, 0.717) is 27.7 Å². The maximum Gasteiger partial charge on any atom is 0.293 e. The van der Waals surface area contributed by atoms with Crippen LogP contribution < -0.4 is 10.6 Å². The van der Waals surface area contributed by atoms with E-state index in [1.165, 1.54) is 12.1 Å². The van der Waals surface area contributed by atoms with E-state index in [1.54, 1.807) is 37.3 Å². The average Bonchev–Trinajstić information content (AvgIpc) is 3.07. The topological polar surface area (TPSA) is 110 Å². The number of amides is 1. The van der Waals surface area contributed by atoms with Crippen molar-refractivity contribution in [3.05, 3.63) is 73.9 Å². The Kier molecular flexibility index (Phi) is 6.36. The van der Waals surface area contributed by atoms with E-state index < -0.39 is 4.92 Å². The van der Waals surface area contributed by atoms with E-state index >= 15 is 0 Å². The van der Waals surface area contributed by atoms with E-state index in [9.17, 15) is 14.9 Å². The number of nitro groups is 1. The molecule has 0 aliphatic heterocycles. The monoisotopic (exact) mass is 434 g/mol. The molecular formula is C19H16Cl2N4O4. The van der Waals surface area contributed by atoms with Crippen LogP contribution in [0.25, 0.3) is 11.3 Å². The third-order valence-corrected chi connectivity index (χ3v) is 4.67. The standard InChI is InChI=1S/C19H16Cl2N4O4/c1-11-17(18(24-29-11)13-4-2-3-5-14(13)21)19(26)23-9-8-22-15-7-6-12(20)10-16(15)25(27)28/h2-7,10,22H,8-9H2,1H3,(H,23,26). The molecule has 0 unspecified atom stereocenters. The molecule has 0 radical (unpaired) electrons. The number of halogens is 2. The minimum atomic E-state index is -0.525. The summed E-state index contributed by atoms with van der Waals surface area (Å²) in [5.74, 6) is -0.0233. The number of benzene rings is 2. The maximum atomic E-state index is 12.7. The number of carbonyl (C=O) groups is 1. The zero-order chi connectivity index (χ0) is 21.0. The first-order valence-corrected chi connectivity index (χ1v) is 9.31. The molecule has 29 heavy (non-hydrogen) atoms. The van der Waals surface area contributed by atoms with Crippen molar-refractivity contribution < 1.29 is 14.2 Å². The van der Waals surface area contributed by atoms with Gasteiger partial charge in [0.1, 0.15) is 22.7 Å². The van der Waals surface area contributed by atoms with E-state index in [0.717, 1.165) is 0 Å². The molecule has 0 bridgehead atoms. The summed E-state index contributed by atoms with van der Waals surface area (Å²) in [4.78, 5) is 23.2. The lowest BCUT2D eigenvalue weighted by atomic mass is 10.1. The van der Waals surface area contributed by atoms with Gasteiger partial charge in [0.15, 0.2) is 0 Å². The number of nitrogens with zero attached hydrogens (tertiary/aromatic N) is 2. The van der Waals surface area contributed by atoms with Crippen molar-refractivity contribution >= 4 is 40.5 Å². The Morgan fingerprint density at radius 1 is 1.21 bits per heavy atom. The predicted molar refractivity (Wildman–Crippen MR) is 111 cm³/mol. The Morgan fingerprint density at radius 3 is 2.69 bits per heavy atom. The molecule has 3 rings (SSSR count). The fourth-order valence-electron chi connectivity index (χ4n) is 2.74. The number of aromatic nitrogens is 1. The second kappa shape index (κ2) is 8.93. The van der Waals surface area contributed by atoms with E-state index in [1.807, 2.05) is 0 Å². The summed E-state index contributed by atoms with van der Waals surface area (Å²) >= 11 is 12.0. The van der Waals surface area contributed by atoms with Gasteiger partial charge in [-0.1, -0.05) is 46.6 Å². The van der Waals surface area contributed by atoms with Crippen molar-refractivity contribution in [1.82, 2.24) is 10.5 Å². The summed E-state index contributed by atoms with van der Waals surface area (Å²) in [6.45, 7) is 2.11. The number of carbonyl (C=O) groups excluding carboxylic acids is 1. The normalized spacial score (nSPS) is 10.6. The van der Waals surface area contributed by atoms with Crippen molar-refractivity contribution in [1.29, 1.82) is 0 Å². The average molecular weight is 435 g/mol. The largest absolute Gasteiger partial charge is 0.378 e. The van der Waals surface area contributed by atoms with Gasteiger partial charge in [-0.05, 0) is 25.1 Å². The predicted octanol–water partition coefficient (Wildman–Crippen LogP) is 4.71. The van der Waals surface area contributed by atoms with Crippen LogP contribution in [-0.2, 0) is 0 Å². The van der Waals surface area contributed by atoms with Crippen LogP contribution in [0.1, 0.15) is 16.1 Å². The fourth-order valence-corrected chi connectivity index (χ4v) is 3.14. The Balaban J connectivity index is 1.67. The van der Waals surface area contributed by atoms with Crippen LogP contribution >= 0.6 is 23.2 Å². The Morgan fingerprint density at radius 2 is 1.97 bits per heavy atom. The number of hydrogen-bond donors (Lipinski definition) is 2. The van der Waals surface area contributed by atoms with Crippen LogP contribution in [0.5, 0.6) is 0 Å². The highest BCUT2D eigenvalue weighted by Crippen LogP contribution is 2.31. The van der Waals surface area contributed by atoms with Crippen molar-refractivity contribution in [2.45, 2.75) is 6.92 Å². The number of nitro benzene ring substituents is 1. The van der Waals surface area contributed by atoms with Crippen LogP contribution in [0.4, 0.5) is 11.4 Å². The van der Waals surface area contributed by atoms with Crippen molar-refractivity contribution in [3.63, 3.8) is 0 Å². The second-order valence-electron chi connectivity index (χ2n) is 6.04. The first-order valence-electron chi connectivity index (χ1n) is 8.55. The molecule has 0 saturated heterocycles. The summed E-state index contributed by atoms with van der Waals surface area (Å²) in [6.07, 6.45) is 0. The fraction of sp³-hybridized carbons (Fsp3) is 0.158. The molecule has 1 heterocycles. The number of anilines is 1. The van der Waals surface area contributed by atoms with Crippen LogP contribution in [0.3, 0.4) is 0 Å². The third kappa shape index (κ3) is 4.67. The molecule has 0 aliphatic rings. The number of nitrogens with one attached hydrogen (secondary N) is 2. The Bertz CT molecular complexity index is 1070. The molecule has 0 aliphatic carbocycles. The molecular weight excluding hydrogens is 419 g/mol. The van der Waals surface area contributed by atoms with Gasteiger partial charge in [-0.2, -0.15) is 0 Å². The Hall–Kier alpha value is -3.10. The van der Waals surface area contributed by atoms with Gasteiger partial charge in [0.2, 0.25) is 0 Å². The lowest BCUT2D eigenvalue weighted by Gasteiger charge is -2.09. The van der Waals surface area contributed by atoms with E-state index in [4.69, 9.17) is 27.7 Å². The molecule has 2 N–H and O–H groups in total. The highest BCUT2D eigenvalue weighted by Gasteiger charge is 2.22. The van der Waals surface area contributed by atoms with Gasteiger partial charge in [-0.15, -0.1) is 0 Å². The summed E-state index contributed by atoms with van der Waals surface area (Å²) in [5, 5.41) is 21.5. The summed E-state index contributed by atoms with van der Waals surface area (Å²) < 4.78 is 5.18. The zero-order valence-corrected chi connectivity index (χ0v) is 16.8. The van der Waals surface area contributed by atoms with Gasteiger partial charge in [0, 0.05) is 29.7 Å². The van der Waals surface area contributed by atoms with Gasteiger partial charge in [-0.25, -0.2) is 0 Å². The van der Waals surface area contributed by atoms with Gasteiger partial charge >= 0.3 is 0 Å². The number of rotatable bonds is 7. The van der Waals surface area contributed by atoms with Crippen LogP contribution in [0.15, 0.2) is 47.0 Å². The van der Waals surface area contributed by atoms with E-state index in [2.05, 4.69) is 15.8 Å². The molecule has 0 saturated carbocycles. The first-order chi connectivity index (χ1) is 13.9. The molecule has 150 valence electrons. The highest BCUT2D eigenvalue weighted by atomic mass is 35.5. The zero-order valence-electron chi connectivity index (χ0n) is 15.2. The van der Waals surface area contributed by atoms with Crippen molar-refractivity contribution in [2.75, 3.05) is 18.4 Å². The first kappa shape index (κ1) is 20.6. The quantitative estimate of drug-likeness (QED) is 0.316. The summed E-state index contributed by atoms with van der Waals surface area (Å²) in [5.41, 5.74) is 1.40. The van der Waals surface area contributed by atoms with Gasteiger partial charge in [0.25, 0.3) is 11.6 Å². The molecule has 0 fully saturated rings. The van der Waals surface area contributed by atoms with Crippen molar-refractivity contribution in [3.8, 4) is 11.3 Å². The highest BCUT2D eigenvalue weighted by molar-refractivity contribution is 6.33. The van der Waals surface area contributed by atoms with Crippen molar-refractivity contribution in [2.24, 2.45) is 0 Å². The molecule has 2 aromatic carbocycles. The Labute approximate surface area is 175 Å². The van der Waals surface area contributed by atoms with Crippen LogP contribution in [0.2, 0.25) is 10.0 Å². The molecule has 0 spiro atoms. The van der Waals surface area contributed by atoms with Gasteiger partial charge in [0.05, 0.1) is 9.95 Å². The molecule has 10 heteroatoms. The lowest BCUT2D eigenvalue weighted by Crippen LogP contribution is -2.29. The summed E-state index contributed by atoms with van der Waals surface area (Å²) in [6, 6.07) is 11.3. The number of hydrogen-bond acceptors (Lipinski definition) is 6. The lowest BCUT2D eigenvalue weighted by molar-refractivity contribution is -0.383. The van der Waals surface area contributed by atoms with E-state index in [-0.39, 0.29) is 35.3 Å². The van der Waals surface area contributed by atoms with Gasteiger partial charge < -0.3 is 15.2 Å². The number of aryl methyl sites for hydroxylation is 1. The SMILES string of the molecule is Cc1onc(-c2ccccc2Cl)c1C(=O)NCCNc1ccc(Cl)cc1[N+](=O)[O-]. The summed E-state index contributed by atoms with van der Waals surface area (Å²) in [7, 11) is 0. The maximum absolute atomic E-state index is 12.7. The van der Waals surface area contributed by atoms with Crippen LogP contribution in [0, 0.1) is 17.0 Å². The molecule has 8 nitrogen and oxygen atoms in total. The molecule has 1 amide bonds. The van der Waals surface area contributed by atoms with Crippen LogP contribution in [-0.4, -0.2) is 29.1 Å². The smallest absolute Gasteiger partial charge is 0.293 e. The molecule has 0 atom stereocenters. The minimum Gasteiger partial charge on any atom is -0.378 e. The minimum absolute atomic E-state index is 0.139. The third-order valence-electron chi connectivity index (χ3n) is 4.10.